The van der Waals surface area contributed by atoms with Gasteiger partial charge < -0.3 is 20.4 Å². The third-order valence-corrected chi connectivity index (χ3v) is 2.99. The number of aromatic carboxylic acids is 1. The van der Waals surface area contributed by atoms with Gasteiger partial charge in [-0.1, -0.05) is 0 Å². The van der Waals surface area contributed by atoms with Crippen molar-refractivity contribution in [2.75, 3.05) is 18.4 Å². The van der Waals surface area contributed by atoms with Crippen molar-refractivity contribution >= 4 is 17.7 Å². The molecule has 1 fully saturated rings. The summed E-state index contributed by atoms with van der Waals surface area (Å²) in [6, 6.07) is 2.58. The molecule has 1 saturated heterocycles. The summed E-state index contributed by atoms with van der Waals surface area (Å²) in [6.07, 6.45) is 1.85. The van der Waals surface area contributed by atoms with Gasteiger partial charge in [-0.05, 0) is 25.5 Å². The van der Waals surface area contributed by atoms with Crippen LogP contribution in [0.3, 0.4) is 0 Å². The number of hydrogen-bond donors (Lipinski definition) is 3. The molecule has 1 unspecified atom stereocenters. The van der Waals surface area contributed by atoms with Crippen molar-refractivity contribution in [3.05, 3.63) is 24.0 Å². The third-order valence-electron chi connectivity index (χ3n) is 2.99. The predicted octanol–water partition coefficient (Wildman–Crippen LogP) is 0.768. The van der Waals surface area contributed by atoms with Crippen molar-refractivity contribution in [1.82, 2.24) is 9.88 Å². The Hall–Kier alpha value is -2.15. The second-order valence-electron chi connectivity index (χ2n) is 4.80. The van der Waals surface area contributed by atoms with Gasteiger partial charge in [-0.15, -0.1) is 0 Å². The summed E-state index contributed by atoms with van der Waals surface area (Å²) in [5, 5.41) is 21.3. The van der Waals surface area contributed by atoms with Gasteiger partial charge in [0.05, 0.1) is 17.8 Å². The molecule has 7 heteroatoms. The molecule has 0 radical (unpaired) electrons. The van der Waals surface area contributed by atoms with E-state index < -0.39 is 17.6 Å². The average Bonchev–Trinajstić information content (AvgIpc) is 2.70. The minimum atomic E-state index is -1.20. The van der Waals surface area contributed by atoms with E-state index in [1.165, 1.54) is 17.2 Å². The lowest BCUT2D eigenvalue weighted by atomic mass is 10.1. The van der Waals surface area contributed by atoms with Gasteiger partial charge in [-0.25, -0.2) is 14.6 Å². The third kappa shape index (κ3) is 3.00. The lowest BCUT2D eigenvalue weighted by molar-refractivity contribution is 0.0689. The van der Waals surface area contributed by atoms with Crippen LogP contribution in [0.4, 0.5) is 10.5 Å². The fourth-order valence-corrected chi connectivity index (χ4v) is 1.99. The number of nitrogens with one attached hydrogen (secondary N) is 1. The Bertz CT molecular complexity index is 515. The van der Waals surface area contributed by atoms with Crippen LogP contribution < -0.4 is 5.32 Å². The first-order chi connectivity index (χ1) is 8.89. The molecule has 3 N–H and O–H groups in total. The van der Waals surface area contributed by atoms with Crippen LogP contribution in [0, 0.1) is 0 Å². The highest BCUT2D eigenvalue weighted by Crippen LogP contribution is 2.21. The van der Waals surface area contributed by atoms with E-state index in [0.29, 0.717) is 13.0 Å². The molecule has 2 amide bonds. The summed E-state index contributed by atoms with van der Waals surface area (Å²) in [5.74, 6) is -1.20. The van der Waals surface area contributed by atoms with E-state index in [-0.39, 0.29) is 17.9 Å². The van der Waals surface area contributed by atoms with E-state index in [1.54, 1.807) is 13.0 Å². The first kappa shape index (κ1) is 13.3. The number of carboxylic acid groups (broad SMARTS) is 1. The number of carbonyl (C=O) groups excluding carboxylic acids is 1. The van der Waals surface area contributed by atoms with Crippen LogP contribution in [-0.4, -0.2) is 50.8 Å². The number of urea groups is 1. The number of carbonyl (C=O) groups is 2. The molecule has 1 aromatic rings. The van der Waals surface area contributed by atoms with Gasteiger partial charge in [0.15, 0.2) is 5.69 Å². The molecular formula is C12H15N3O4. The van der Waals surface area contributed by atoms with Gasteiger partial charge in [-0.3, -0.25) is 0 Å². The quantitative estimate of drug-likeness (QED) is 0.732. The van der Waals surface area contributed by atoms with E-state index >= 15 is 0 Å². The Morgan fingerprint density at radius 1 is 1.53 bits per heavy atom. The topological polar surface area (TPSA) is 103 Å². The summed E-state index contributed by atoms with van der Waals surface area (Å²) in [7, 11) is 0. The van der Waals surface area contributed by atoms with Crippen molar-refractivity contribution in [2.45, 2.75) is 18.9 Å². The van der Waals surface area contributed by atoms with Crippen LogP contribution in [-0.2, 0) is 0 Å². The molecule has 0 saturated carbocycles. The van der Waals surface area contributed by atoms with Gasteiger partial charge in [0.1, 0.15) is 0 Å². The number of anilines is 1. The fourth-order valence-electron chi connectivity index (χ4n) is 1.99. The monoisotopic (exact) mass is 265 g/mol. The van der Waals surface area contributed by atoms with Crippen LogP contribution >= 0.6 is 0 Å². The Balaban J connectivity index is 2.10. The Kier molecular flexibility index (Phi) is 3.39. The molecule has 1 aliphatic heterocycles. The smallest absolute Gasteiger partial charge is 0.356 e. The van der Waals surface area contributed by atoms with E-state index in [1.807, 2.05) is 0 Å². The number of β-amino-alcohol motifs (C(OH)–C–C–N with tert-alkyl or cyclic N) is 1. The predicted molar refractivity (Wildman–Crippen MR) is 67.0 cm³/mol. The van der Waals surface area contributed by atoms with E-state index in [2.05, 4.69) is 10.3 Å². The lowest BCUT2D eigenvalue weighted by Crippen LogP contribution is -2.37. The van der Waals surface area contributed by atoms with E-state index in [4.69, 9.17) is 5.11 Å². The van der Waals surface area contributed by atoms with Crippen LogP contribution in [0.25, 0.3) is 0 Å². The van der Waals surface area contributed by atoms with E-state index in [9.17, 15) is 14.7 Å². The molecule has 1 aromatic heterocycles. The molecule has 2 heterocycles. The zero-order valence-electron chi connectivity index (χ0n) is 10.5. The molecule has 102 valence electrons. The molecule has 0 spiro atoms. The largest absolute Gasteiger partial charge is 0.476 e. The summed E-state index contributed by atoms with van der Waals surface area (Å²) in [6.45, 7) is 2.32. The molecule has 1 aliphatic rings. The highest BCUT2D eigenvalue weighted by molar-refractivity contribution is 5.98. The number of aliphatic hydroxyl groups is 1. The Morgan fingerprint density at radius 2 is 2.26 bits per heavy atom. The van der Waals surface area contributed by atoms with Crippen LogP contribution in [0.5, 0.6) is 0 Å². The lowest BCUT2D eigenvalue weighted by Gasteiger charge is -2.19. The van der Waals surface area contributed by atoms with Gasteiger partial charge in [-0.2, -0.15) is 0 Å². The summed E-state index contributed by atoms with van der Waals surface area (Å²) >= 11 is 0. The standard InChI is InChI=1S/C12H15N3O4/c1-12(19)4-6-15(7-12)11(18)14-8-3-2-5-13-9(8)10(16)17/h2-3,5,19H,4,6-7H2,1H3,(H,14,18)(H,16,17). The number of pyridine rings is 1. The number of nitrogens with zero attached hydrogens (tertiary/aromatic N) is 2. The number of likely N-dealkylation sites (tertiary alicyclic amines) is 1. The summed E-state index contributed by atoms with van der Waals surface area (Å²) in [5.41, 5.74) is -0.949. The Labute approximate surface area is 109 Å². The van der Waals surface area contributed by atoms with Gasteiger partial charge in [0, 0.05) is 12.7 Å². The number of amides is 2. The van der Waals surface area contributed by atoms with Crippen LogP contribution in [0.2, 0.25) is 0 Å². The highest BCUT2D eigenvalue weighted by Gasteiger charge is 2.34. The SMILES string of the molecule is CC1(O)CCN(C(=O)Nc2cccnc2C(=O)O)C1. The first-order valence-corrected chi connectivity index (χ1v) is 5.86. The average molecular weight is 265 g/mol. The maximum absolute atomic E-state index is 12.0. The maximum atomic E-state index is 12.0. The molecule has 0 aliphatic carbocycles. The Morgan fingerprint density at radius 3 is 2.84 bits per heavy atom. The van der Waals surface area contributed by atoms with Crippen molar-refractivity contribution < 1.29 is 19.8 Å². The minimum absolute atomic E-state index is 0.145. The number of rotatable bonds is 2. The second kappa shape index (κ2) is 4.85. The van der Waals surface area contributed by atoms with Crippen molar-refractivity contribution in [1.29, 1.82) is 0 Å². The van der Waals surface area contributed by atoms with Gasteiger partial charge in [0.2, 0.25) is 0 Å². The van der Waals surface area contributed by atoms with Crippen molar-refractivity contribution in [2.24, 2.45) is 0 Å². The molecule has 2 rings (SSSR count). The fraction of sp³-hybridized carbons (Fsp3) is 0.417. The molecule has 19 heavy (non-hydrogen) atoms. The zero-order chi connectivity index (χ0) is 14.0. The first-order valence-electron chi connectivity index (χ1n) is 5.86. The number of hydrogen-bond acceptors (Lipinski definition) is 4. The molecular weight excluding hydrogens is 250 g/mol. The minimum Gasteiger partial charge on any atom is -0.476 e. The van der Waals surface area contributed by atoms with Crippen molar-refractivity contribution in [3.8, 4) is 0 Å². The normalized spacial score (nSPS) is 22.3. The number of aromatic nitrogens is 1. The molecule has 0 bridgehead atoms. The van der Waals surface area contributed by atoms with Gasteiger partial charge >= 0.3 is 12.0 Å². The van der Waals surface area contributed by atoms with Crippen molar-refractivity contribution in [3.63, 3.8) is 0 Å². The van der Waals surface area contributed by atoms with Crippen LogP contribution in [0.1, 0.15) is 23.8 Å². The molecule has 0 aromatic carbocycles. The summed E-state index contributed by atoms with van der Waals surface area (Å²) in [4.78, 5) is 28.1. The highest BCUT2D eigenvalue weighted by atomic mass is 16.4. The van der Waals surface area contributed by atoms with Crippen LogP contribution in [0.15, 0.2) is 18.3 Å². The molecule has 7 nitrogen and oxygen atoms in total. The zero-order valence-corrected chi connectivity index (χ0v) is 10.5. The summed E-state index contributed by atoms with van der Waals surface area (Å²) < 4.78 is 0. The second-order valence-corrected chi connectivity index (χ2v) is 4.80. The maximum Gasteiger partial charge on any atom is 0.356 e. The van der Waals surface area contributed by atoms with Gasteiger partial charge in [0.25, 0.3) is 0 Å². The molecule has 1 atom stereocenters. The van der Waals surface area contributed by atoms with E-state index in [0.717, 1.165) is 0 Å². The number of carboxylic acids is 1.